The smallest absolute Gasteiger partial charge is 0.0120 e. The van der Waals surface area contributed by atoms with Gasteiger partial charge in [-0.1, -0.05) is 46.0 Å². The van der Waals surface area contributed by atoms with Crippen LogP contribution in [0, 0.1) is 0 Å². The van der Waals surface area contributed by atoms with Gasteiger partial charge in [0.15, 0.2) is 0 Å². The molecule has 0 nitrogen and oxygen atoms in total. The summed E-state index contributed by atoms with van der Waals surface area (Å²) < 4.78 is 0. The van der Waals surface area contributed by atoms with Crippen LogP contribution in [-0.4, -0.2) is 15.3 Å². The minimum absolute atomic E-state index is 0.480. The summed E-state index contributed by atoms with van der Waals surface area (Å²) in [5, 5.41) is 0. The van der Waals surface area contributed by atoms with E-state index in [2.05, 4.69) is 20.0 Å². The van der Waals surface area contributed by atoms with Gasteiger partial charge in [0.05, 0.1) is 0 Å². The Hall–Kier alpha value is 0.0869. The molecule has 1 atom stereocenters. The molecule has 0 N–H and O–H groups in total. The molecule has 0 saturated carbocycles. The van der Waals surface area contributed by atoms with Gasteiger partial charge in [-0.25, -0.2) is 0 Å². The molecule has 0 saturated heterocycles. The molecular formula is C9H20Si. The highest BCUT2D eigenvalue weighted by molar-refractivity contribution is 6.42. The third kappa shape index (κ3) is 4.92. The molecule has 0 aromatic carbocycles. The van der Waals surface area contributed by atoms with Gasteiger partial charge in [0.25, 0.3) is 0 Å². The second-order valence-corrected chi connectivity index (χ2v) is 4.31. The van der Waals surface area contributed by atoms with E-state index in [1.54, 1.807) is 0 Å². The molecule has 0 radical (unpaired) electrons. The minimum atomic E-state index is 0.480. The third-order valence-corrected chi connectivity index (χ3v) is 3.51. The predicted molar refractivity (Wildman–Crippen MR) is 52.5 cm³/mol. The molecule has 0 fully saturated rings. The molecule has 0 heterocycles. The third-order valence-electron chi connectivity index (χ3n) is 2.04. The SMILES string of the molecule is C=[SiH]C(CC)CCCCC. The van der Waals surface area contributed by atoms with Gasteiger partial charge in [-0.3, -0.25) is 0 Å². The molecule has 0 amide bonds. The maximum atomic E-state index is 4.02. The van der Waals surface area contributed by atoms with Crippen molar-refractivity contribution >= 4 is 15.3 Å². The number of rotatable bonds is 6. The Balaban J connectivity index is 3.17. The van der Waals surface area contributed by atoms with E-state index < -0.39 is 0 Å². The summed E-state index contributed by atoms with van der Waals surface area (Å²) in [5.41, 5.74) is 0.978. The average Bonchev–Trinajstić information content (AvgIpc) is 1.99. The van der Waals surface area contributed by atoms with Crippen LogP contribution < -0.4 is 0 Å². The van der Waals surface area contributed by atoms with Crippen LogP contribution in [0.15, 0.2) is 0 Å². The Labute approximate surface area is 67.5 Å². The summed E-state index contributed by atoms with van der Waals surface area (Å²) in [7, 11) is 0.480. The van der Waals surface area contributed by atoms with Gasteiger partial charge in [-0.05, 0) is 14.7 Å². The van der Waals surface area contributed by atoms with Crippen LogP contribution in [0.5, 0.6) is 0 Å². The lowest BCUT2D eigenvalue weighted by atomic mass is 10.1. The van der Waals surface area contributed by atoms with Crippen molar-refractivity contribution in [3.05, 3.63) is 0 Å². The van der Waals surface area contributed by atoms with E-state index in [0.29, 0.717) is 9.13 Å². The monoisotopic (exact) mass is 156 g/mol. The van der Waals surface area contributed by atoms with Crippen molar-refractivity contribution in [1.29, 1.82) is 0 Å². The quantitative estimate of drug-likeness (QED) is 0.410. The number of hydrogen-bond acceptors (Lipinski definition) is 0. The highest BCUT2D eigenvalue weighted by Gasteiger charge is 1.98. The van der Waals surface area contributed by atoms with Gasteiger partial charge >= 0.3 is 0 Å². The summed E-state index contributed by atoms with van der Waals surface area (Å²) >= 11 is 0. The lowest BCUT2D eigenvalue weighted by molar-refractivity contribution is 0.623. The summed E-state index contributed by atoms with van der Waals surface area (Å²) in [4.78, 5) is 0. The highest BCUT2D eigenvalue weighted by Crippen LogP contribution is 2.15. The second-order valence-electron chi connectivity index (χ2n) is 2.90. The zero-order valence-corrected chi connectivity index (χ0v) is 8.55. The normalized spacial score (nSPS) is 13.0. The van der Waals surface area contributed by atoms with Gasteiger partial charge in [0.1, 0.15) is 0 Å². The van der Waals surface area contributed by atoms with E-state index in [0.717, 1.165) is 5.54 Å². The standard InChI is InChI=1S/C9H20Si/c1-4-6-7-8-9(5-2)10-3/h9-10H,3-8H2,1-2H3. The maximum Gasteiger partial charge on any atom is -0.0120 e. The molecule has 0 aliphatic heterocycles. The Morgan fingerprint density at radius 1 is 1.30 bits per heavy atom. The van der Waals surface area contributed by atoms with Crippen LogP contribution in [0.3, 0.4) is 0 Å². The van der Waals surface area contributed by atoms with E-state index in [4.69, 9.17) is 0 Å². The van der Waals surface area contributed by atoms with Crippen LogP contribution in [0.25, 0.3) is 0 Å². The molecule has 0 aromatic rings. The average molecular weight is 156 g/mol. The number of hydrogen-bond donors (Lipinski definition) is 0. The van der Waals surface area contributed by atoms with Gasteiger partial charge in [0.2, 0.25) is 0 Å². The highest BCUT2D eigenvalue weighted by atomic mass is 28.2. The van der Waals surface area contributed by atoms with Crippen molar-refractivity contribution in [1.82, 2.24) is 0 Å². The second kappa shape index (κ2) is 7.20. The Kier molecular flexibility index (Phi) is 7.26. The van der Waals surface area contributed by atoms with Crippen molar-refractivity contribution < 1.29 is 0 Å². The van der Waals surface area contributed by atoms with Crippen LogP contribution >= 0.6 is 0 Å². The zero-order valence-electron chi connectivity index (χ0n) is 7.40. The first-order valence-electron chi connectivity index (χ1n) is 4.47. The molecule has 0 aromatic heterocycles. The Bertz CT molecular complexity index is 78.8. The van der Waals surface area contributed by atoms with E-state index in [9.17, 15) is 0 Å². The summed E-state index contributed by atoms with van der Waals surface area (Å²) in [6.45, 7) is 4.55. The van der Waals surface area contributed by atoms with Crippen molar-refractivity contribution in [3.63, 3.8) is 0 Å². The molecule has 0 aliphatic rings. The fourth-order valence-electron chi connectivity index (χ4n) is 1.15. The van der Waals surface area contributed by atoms with E-state index in [1.807, 2.05) is 0 Å². The molecule has 0 bridgehead atoms. The first-order chi connectivity index (χ1) is 4.85. The van der Waals surface area contributed by atoms with Gasteiger partial charge in [-0.15, -0.1) is 6.17 Å². The predicted octanol–water partition coefficient (Wildman–Crippen LogP) is 2.63. The molecular weight excluding hydrogens is 136 g/mol. The van der Waals surface area contributed by atoms with Crippen LogP contribution in [0.2, 0.25) is 5.54 Å². The number of unbranched alkanes of at least 4 members (excludes halogenated alkanes) is 2. The van der Waals surface area contributed by atoms with E-state index in [-0.39, 0.29) is 0 Å². The van der Waals surface area contributed by atoms with Crippen molar-refractivity contribution in [2.75, 3.05) is 0 Å². The lowest BCUT2D eigenvalue weighted by Gasteiger charge is -2.07. The largest absolute Gasteiger partial charge is 0.121 e. The van der Waals surface area contributed by atoms with Crippen LogP contribution in [0.1, 0.15) is 46.0 Å². The molecule has 0 spiro atoms. The Morgan fingerprint density at radius 3 is 2.40 bits per heavy atom. The minimum Gasteiger partial charge on any atom is -0.121 e. The molecule has 1 unspecified atom stereocenters. The molecule has 10 heavy (non-hydrogen) atoms. The molecule has 0 aliphatic carbocycles. The summed E-state index contributed by atoms with van der Waals surface area (Å²) in [6, 6.07) is 0. The van der Waals surface area contributed by atoms with Crippen molar-refractivity contribution in [2.45, 2.75) is 51.5 Å². The van der Waals surface area contributed by atoms with Gasteiger partial charge in [-0.2, -0.15) is 0 Å². The van der Waals surface area contributed by atoms with Crippen LogP contribution in [-0.2, 0) is 0 Å². The molecule has 60 valence electrons. The Morgan fingerprint density at radius 2 is 2.00 bits per heavy atom. The maximum absolute atomic E-state index is 4.02. The lowest BCUT2D eigenvalue weighted by Crippen LogP contribution is -1.94. The topological polar surface area (TPSA) is 0 Å². The van der Waals surface area contributed by atoms with Crippen molar-refractivity contribution in [2.24, 2.45) is 0 Å². The fraction of sp³-hybridized carbons (Fsp3) is 0.889. The first-order valence-corrected chi connectivity index (χ1v) is 5.96. The first kappa shape index (κ1) is 10.1. The van der Waals surface area contributed by atoms with Gasteiger partial charge < -0.3 is 0 Å². The van der Waals surface area contributed by atoms with Gasteiger partial charge in [0, 0.05) is 0 Å². The summed E-state index contributed by atoms with van der Waals surface area (Å²) in [5.74, 6) is 0. The van der Waals surface area contributed by atoms with E-state index in [1.165, 1.54) is 32.1 Å². The zero-order chi connectivity index (χ0) is 7.82. The molecule has 1 heteroatoms. The fourth-order valence-corrected chi connectivity index (χ4v) is 1.95. The van der Waals surface area contributed by atoms with Crippen molar-refractivity contribution in [3.8, 4) is 0 Å². The van der Waals surface area contributed by atoms with Crippen LogP contribution in [0.4, 0.5) is 0 Å². The van der Waals surface area contributed by atoms with E-state index >= 15 is 0 Å². The summed E-state index contributed by atoms with van der Waals surface area (Å²) in [6.07, 6.45) is 11.0. The molecule has 0 rings (SSSR count).